The molecule has 1 fully saturated rings. The predicted molar refractivity (Wildman–Crippen MR) is 75.2 cm³/mol. The molecule has 1 aromatic rings. The highest BCUT2D eigenvalue weighted by molar-refractivity contribution is 5.78. The third-order valence-electron chi connectivity index (χ3n) is 3.26. The van der Waals surface area contributed by atoms with Gasteiger partial charge in [0.15, 0.2) is 6.61 Å². The first-order chi connectivity index (χ1) is 9.60. The second-order valence-electron chi connectivity index (χ2n) is 5.09. The van der Waals surface area contributed by atoms with E-state index in [-0.39, 0.29) is 24.4 Å². The molecule has 0 aromatic heterocycles. The Labute approximate surface area is 118 Å². The first-order valence-corrected chi connectivity index (χ1v) is 7.05. The van der Waals surface area contributed by atoms with E-state index in [9.17, 15) is 9.18 Å². The molecule has 1 unspecified atom stereocenters. The van der Waals surface area contributed by atoms with Crippen molar-refractivity contribution >= 4 is 5.91 Å². The Morgan fingerprint density at radius 1 is 1.50 bits per heavy atom. The fourth-order valence-electron chi connectivity index (χ4n) is 2.01. The van der Waals surface area contributed by atoms with Gasteiger partial charge in [-0.2, -0.15) is 0 Å². The summed E-state index contributed by atoms with van der Waals surface area (Å²) in [5.74, 6) is -0.0996. The summed E-state index contributed by atoms with van der Waals surface area (Å²) < 4.78 is 19.2. The van der Waals surface area contributed by atoms with Crippen LogP contribution < -0.4 is 15.4 Å². The molecule has 0 bridgehead atoms. The number of hydrogen-bond acceptors (Lipinski definition) is 3. The molecule has 1 atom stereocenters. The van der Waals surface area contributed by atoms with Crippen molar-refractivity contribution in [3.8, 4) is 5.75 Å². The summed E-state index contributed by atoms with van der Waals surface area (Å²) in [6.07, 6.45) is 2.08. The molecule has 0 spiro atoms. The van der Waals surface area contributed by atoms with E-state index < -0.39 is 0 Å². The lowest BCUT2D eigenvalue weighted by Gasteiger charge is -2.14. The summed E-state index contributed by atoms with van der Waals surface area (Å²) in [5, 5.41) is 5.97. The van der Waals surface area contributed by atoms with Gasteiger partial charge in [0.1, 0.15) is 11.6 Å². The van der Waals surface area contributed by atoms with Crippen LogP contribution in [0.2, 0.25) is 0 Å². The van der Waals surface area contributed by atoms with Crippen molar-refractivity contribution in [1.29, 1.82) is 0 Å². The average molecular weight is 280 g/mol. The minimum atomic E-state index is -0.321. The van der Waals surface area contributed by atoms with Crippen LogP contribution in [-0.2, 0) is 4.79 Å². The van der Waals surface area contributed by atoms with Gasteiger partial charge in [0.2, 0.25) is 0 Å². The van der Waals surface area contributed by atoms with Gasteiger partial charge in [0.25, 0.3) is 5.91 Å². The summed E-state index contributed by atoms with van der Waals surface area (Å²) in [7, 11) is 0. The number of hydrogen-bond donors (Lipinski definition) is 2. The Kier molecular flexibility index (Phi) is 4.95. The van der Waals surface area contributed by atoms with Crippen LogP contribution in [0.15, 0.2) is 18.2 Å². The molecular formula is C15H21FN2O2. The average Bonchev–Trinajstić information content (AvgIpc) is 3.20. The number of ether oxygens (including phenoxy) is 1. The molecule has 2 rings (SSSR count). The summed E-state index contributed by atoms with van der Waals surface area (Å²) in [6, 6.07) is 4.97. The van der Waals surface area contributed by atoms with E-state index in [1.165, 1.54) is 6.07 Å². The summed E-state index contributed by atoms with van der Waals surface area (Å²) in [5.41, 5.74) is 0.599. The maximum atomic E-state index is 13.9. The van der Waals surface area contributed by atoms with Crippen LogP contribution >= 0.6 is 0 Å². The largest absolute Gasteiger partial charge is 0.484 e. The lowest BCUT2D eigenvalue weighted by Crippen LogP contribution is -2.30. The number of amides is 1. The van der Waals surface area contributed by atoms with Crippen LogP contribution in [-0.4, -0.2) is 25.1 Å². The predicted octanol–water partition coefficient (Wildman–Crippen LogP) is 2.15. The van der Waals surface area contributed by atoms with Crippen LogP contribution in [0.1, 0.15) is 38.3 Å². The number of carbonyl (C=O) groups is 1. The third kappa shape index (κ3) is 4.20. The topological polar surface area (TPSA) is 50.4 Å². The molecule has 1 saturated carbocycles. The molecule has 5 heteroatoms. The number of benzene rings is 1. The monoisotopic (exact) mass is 280 g/mol. The van der Waals surface area contributed by atoms with E-state index >= 15 is 0 Å². The maximum Gasteiger partial charge on any atom is 0.258 e. The van der Waals surface area contributed by atoms with E-state index in [1.807, 2.05) is 13.8 Å². The molecule has 1 aliphatic rings. The van der Waals surface area contributed by atoms with Gasteiger partial charge in [0.05, 0.1) is 0 Å². The van der Waals surface area contributed by atoms with Gasteiger partial charge in [-0.3, -0.25) is 4.79 Å². The lowest BCUT2D eigenvalue weighted by atomic mass is 10.1. The third-order valence-corrected chi connectivity index (χ3v) is 3.26. The number of nitrogens with one attached hydrogen (secondary N) is 2. The van der Waals surface area contributed by atoms with Gasteiger partial charge < -0.3 is 15.4 Å². The van der Waals surface area contributed by atoms with Gasteiger partial charge in [-0.1, -0.05) is 13.0 Å². The highest BCUT2D eigenvalue weighted by atomic mass is 19.1. The van der Waals surface area contributed by atoms with Crippen molar-refractivity contribution in [3.05, 3.63) is 29.6 Å². The fraction of sp³-hybridized carbons (Fsp3) is 0.533. The molecular weight excluding hydrogens is 259 g/mol. The van der Waals surface area contributed by atoms with Crippen LogP contribution in [0.5, 0.6) is 5.75 Å². The van der Waals surface area contributed by atoms with Crippen LogP contribution in [0, 0.1) is 5.82 Å². The molecule has 4 nitrogen and oxygen atoms in total. The Hall–Kier alpha value is -1.62. The van der Waals surface area contributed by atoms with Gasteiger partial charge >= 0.3 is 0 Å². The van der Waals surface area contributed by atoms with Gasteiger partial charge in [0, 0.05) is 23.7 Å². The van der Waals surface area contributed by atoms with E-state index in [2.05, 4.69) is 10.6 Å². The number of rotatable bonds is 7. The zero-order valence-corrected chi connectivity index (χ0v) is 11.9. The van der Waals surface area contributed by atoms with Gasteiger partial charge in [-0.05, 0) is 32.4 Å². The van der Waals surface area contributed by atoms with Gasteiger partial charge in [-0.15, -0.1) is 0 Å². The molecule has 0 heterocycles. The van der Waals surface area contributed by atoms with Crippen LogP contribution in [0.4, 0.5) is 4.39 Å². The normalized spacial score (nSPS) is 15.8. The summed E-state index contributed by atoms with van der Waals surface area (Å²) in [4.78, 5) is 11.5. The quantitative estimate of drug-likeness (QED) is 0.804. The molecule has 1 aromatic carbocycles. The zero-order valence-electron chi connectivity index (χ0n) is 11.9. The Morgan fingerprint density at radius 3 is 2.85 bits per heavy atom. The van der Waals surface area contributed by atoms with Crippen molar-refractivity contribution < 1.29 is 13.9 Å². The highest BCUT2D eigenvalue weighted by Gasteiger charge is 2.23. The van der Waals surface area contributed by atoms with Crippen molar-refractivity contribution in [2.45, 2.75) is 38.8 Å². The van der Waals surface area contributed by atoms with Crippen molar-refractivity contribution in [3.63, 3.8) is 0 Å². The zero-order chi connectivity index (χ0) is 14.5. The van der Waals surface area contributed by atoms with E-state index in [1.54, 1.807) is 12.1 Å². The minimum Gasteiger partial charge on any atom is -0.484 e. The van der Waals surface area contributed by atoms with E-state index in [4.69, 9.17) is 4.74 Å². The Bertz CT molecular complexity index is 475. The molecule has 110 valence electrons. The molecule has 20 heavy (non-hydrogen) atoms. The first kappa shape index (κ1) is 14.8. The summed E-state index contributed by atoms with van der Waals surface area (Å²) >= 11 is 0. The smallest absolute Gasteiger partial charge is 0.258 e. The van der Waals surface area contributed by atoms with Crippen molar-refractivity contribution in [2.24, 2.45) is 0 Å². The standard InChI is InChI=1S/C15H21FN2O2/c1-3-17-10(2)13-7-6-12(8-14(13)16)20-9-15(19)18-11-4-5-11/h6-8,10-11,17H,3-5,9H2,1-2H3,(H,18,19). The van der Waals surface area contributed by atoms with E-state index in [0.29, 0.717) is 17.4 Å². The lowest BCUT2D eigenvalue weighted by molar-refractivity contribution is -0.123. The number of halogens is 1. The van der Waals surface area contributed by atoms with E-state index in [0.717, 1.165) is 19.4 Å². The highest BCUT2D eigenvalue weighted by Crippen LogP contribution is 2.22. The minimum absolute atomic E-state index is 0.0489. The Balaban J connectivity index is 1.89. The van der Waals surface area contributed by atoms with Crippen molar-refractivity contribution in [1.82, 2.24) is 10.6 Å². The maximum absolute atomic E-state index is 13.9. The summed E-state index contributed by atoms with van der Waals surface area (Å²) in [6.45, 7) is 4.59. The fourth-order valence-corrected chi connectivity index (χ4v) is 2.01. The Morgan fingerprint density at radius 2 is 2.25 bits per heavy atom. The second kappa shape index (κ2) is 6.70. The first-order valence-electron chi connectivity index (χ1n) is 7.05. The molecule has 1 amide bonds. The molecule has 0 aliphatic heterocycles. The molecule has 2 N–H and O–H groups in total. The van der Waals surface area contributed by atoms with Gasteiger partial charge in [-0.25, -0.2) is 4.39 Å². The second-order valence-corrected chi connectivity index (χ2v) is 5.09. The van der Waals surface area contributed by atoms with Crippen LogP contribution in [0.25, 0.3) is 0 Å². The van der Waals surface area contributed by atoms with Crippen LogP contribution in [0.3, 0.4) is 0 Å². The van der Waals surface area contributed by atoms with Crippen molar-refractivity contribution in [2.75, 3.05) is 13.2 Å². The molecule has 0 saturated heterocycles. The SMILES string of the molecule is CCNC(C)c1ccc(OCC(=O)NC2CC2)cc1F. The molecule has 1 aliphatic carbocycles. The molecule has 0 radical (unpaired) electrons. The number of carbonyl (C=O) groups excluding carboxylic acids is 1.